The molecule has 0 bridgehead atoms. The van der Waals surface area contributed by atoms with Gasteiger partial charge in [0.05, 0.1) is 7.11 Å². The van der Waals surface area contributed by atoms with Crippen LogP contribution in [0.15, 0.2) is 39.1 Å². The van der Waals surface area contributed by atoms with Gasteiger partial charge in [-0.05, 0) is 19.1 Å². The minimum Gasteiger partial charge on any atom is -0.496 e. The van der Waals surface area contributed by atoms with E-state index >= 15 is 0 Å². The van der Waals surface area contributed by atoms with Crippen molar-refractivity contribution in [3.8, 4) is 5.75 Å². The molecule has 0 amide bonds. The fourth-order valence-corrected chi connectivity index (χ4v) is 2.90. The number of nitrogens with two attached hydrogens (primary N) is 2. The molecule has 106 valence electrons. The zero-order valence-electron chi connectivity index (χ0n) is 11.2. The van der Waals surface area contributed by atoms with Crippen molar-refractivity contribution in [2.24, 2.45) is 5.73 Å². The molecular formula is C13H16N4O2S. The van der Waals surface area contributed by atoms with Gasteiger partial charge in [0.1, 0.15) is 11.6 Å². The molecule has 0 aliphatic heterocycles. The van der Waals surface area contributed by atoms with Crippen molar-refractivity contribution in [3.05, 3.63) is 40.2 Å². The van der Waals surface area contributed by atoms with Gasteiger partial charge in [-0.25, -0.2) is 4.98 Å². The summed E-state index contributed by atoms with van der Waals surface area (Å²) >= 11 is 1.29. The first-order valence-corrected chi connectivity index (χ1v) is 6.80. The van der Waals surface area contributed by atoms with Crippen LogP contribution < -0.4 is 21.8 Å². The molecule has 0 radical (unpaired) electrons. The zero-order chi connectivity index (χ0) is 14.7. The van der Waals surface area contributed by atoms with Crippen LogP contribution in [0.4, 0.5) is 5.82 Å². The number of H-pyrrole nitrogens is 1. The van der Waals surface area contributed by atoms with Crippen molar-refractivity contribution < 1.29 is 4.74 Å². The van der Waals surface area contributed by atoms with Crippen LogP contribution >= 0.6 is 11.8 Å². The van der Waals surface area contributed by atoms with Crippen LogP contribution in [0, 0.1) is 0 Å². The first-order valence-electron chi connectivity index (χ1n) is 5.98. The fourth-order valence-electron chi connectivity index (χ4n) is 1.85. The van der Waals surface area contributed by atoms with E-state index in [4.69, 9.17) is 16.2 Å². The first-order chi connectivity index (χ1) is 9.51. The third kappa shape index (κ3) is 3.12. The lowest BCUT2D eigenvalue weighted by Gasteiger charge is -2.15. The van der Waals surface area contributed by atoms with Gasteiger partial charge in [0, 0.05) is 22.6 Å². The zero-order valence-corrected chi connectivity index (χ0v) is 12.0. The van der Waals surface area contributed by atoms with Crippen LogP contribution in [0.2, 0.25) is 0 Å². The van der Waals surface area contributed by atoms with Crippen LogP contribution in [-0.2, 0) is 0 Å². The molecule has 0 spiro atoms. The normalized spacial score (nSPS) is 12.2. The molecule has 7 heteroatoms. The highest BCUT2D eigenvalue weighted by atomic mass is 32.2. The average Bonchev–Trinajstić information content (AvgIpc) is 2.36. The number of aromatic amines is 1. The van der Waals surface area contributed by atoms with E-state index in [0.717, 1.165) is 10.5 Å². The fraction of sp³-hybridized carbons (Fsp3) is 0.231. The molecule has 0 aliphatic carbocycles. The largest absolute Gasteiger partial charge is 0.496 e. The topological polar surface area (TPSA) is 107 Å². The Bertz CT molecular complexity index is 670. The van der Waals surface area contributed by atoms with E-state index in [1.807, 2.05) is 25.1 Å². The number of aromatic nitrogens is 2. The SMILES string of the molecule is COc1cccc(Sc2nc(N)cc(=O)[nH]2)c1[C@H](C)N. The molecule has 0 aliphatic rings. The lowest BCUT2D eigenvalue weighted by atomic mass is 10.1. The van der Waals surface area contributed by atoms with Gasteiger partial charge in [-0.15, -0.1) is 0 Å². The quantitative estimate of drug-likeness (QED) is 0.738. The van der Waals surface area contributed by atoms with Gasteiger partial charge >= 0.3 is 0 Å². The Kier molecular flexibility index (Phi) is 4.31. The number of anilines is 1. The number of benzene rings is 1. The molecule has 1 aromatic carbocycles. The van der Waals surface area contributed by atoms with Gasteiger partial charge in [0.2, 0.25) is 0 Å². The van der Waals surface area contributed by atoms with E-state index in [0.29, 0.717) is 10.9 Å². The predicted octanol–water partition coefficient (Wildman–Crippen LogP) is 1.53. The lowest BCUT2D eigenvalue weighted by Crippen LogP contribution is -2.11. The lowest BCUT2D eigenvalue weighted by molar-refractivity contribution is 0.405. The molecule has 0 saturated heterocycles. The van der Waals surface area contributed by atoms with Crippen molar-refractivity contribution in [1.29, 1.82) is 0 Å². The van der Waals surface area contributed by atoms with Gasteiger partial charge < -0.3 is 21.2 Å². The number of methoxy groups -OCH3 is 1. The van der Waals surface area contributed by atoms with Crippen LogP contribution in [-0.4, -0.2) is 17.1 Å². The molecule has 0 unspecified atom stereocenters. The monoisotopic (exact) mass is 292 g/mol. The third-order valence-electron chi connectivity index (χ3n) is 2.65. The van der Waals surface area contributed by atoms with E-state index in [9.17, 15) is 4.79 Å². The molecule has 0 saturated carbocycles. The first kappa shape index (κ1) is 14.4. The van der Waals surface area contributed by atoms with Crippen molar-refractivity contribution >= 4 is 17.6 Å². The third-order valence-corrected chi connectivity index (χ3v) is 3.61. The highest BCUT2D eigenvalue weighted by Crippen LogP contribution is 2.36. The molecule has 1 heterocycles. The van der Waals surface area contributed by atoms with Gasteiger partial charge in [-0.2, -0.15) is 0 Å². The Labute approximate surface area is 120 Å². The van der Waals surface area contributed by atoms with E-state index in [2.05, 4.69) is 9.97 Å². The summed E-state index contributed by atoms with van der Waals surface area (Å²) in [7, 11) is 1.59. The molecule has 2 rings (SSSR count). The predicted molar refractivity (Wildman–Crippen MR) is 79.0 cm³/mol. The summed E-state index contributed by atoms with van der Waals surface area (Å²) in [6, 6.07) is 6.63. The number of nitrogen functional groups attached to an aromatic ring is 1. The Morgan fingerprint density at radius 2 is 2.20 bits per heavy atom. The van der Waals surface area contributed by atoms with Crippen LogP contribution in [0.5, 0.6) is 5.75 Å². The molecule has 1 aromatic heterocycles. The Balaban J connectivity index is 2.45. The molecule has 2 aromatic rings. The number of nitrogens with one attached hydrogen (secondary N) is 1. The maximum atomic E-state index is 11.4. The Morgan fingerprint density at radius 3 is 2.80 bits per heavy atom. The van der Waals surface area contributed by atoms with Crippen molar-refractivity contribution in [3.63, 3.8) is 0 Å². The summed E-state index contributed by atoms with van der Waals surface area (Å²) in [5.41, 5.74) is 12.1. The van der Waals surface area contributed by atoms with E-state index < -0.39 is 0 Å². The maximum absolute atomic E-state index is 11.4. The van der Waals surface area contributed by atoms with Crippen LogP contribution in [0.25, 0.3) is 0 Å². The second-order valence-corrected chi connectivity index (χ2v) is 5.27. The standard InChI is InChI=1S/C13H16N4O2S/c1-7(14)12-8(19-2)4-3-5-9(12)20-13-16-10(15)6-11(18)17-13/h3-7H,14H2,1-2H3,(H3,15,16,17,18)/t7-/m0/s1. The van der Waals surface area contributed by atoms with E-state index in [-0.39, 0.29) is 17.4 Å². The van der Waals surface area contributed by atoms with Crippen molar-refractivity contribution in [1.82, 2.24) is 9.97 Å². The van der Waals surface area contributed by atoms with Crippen molar-refractivity contribution in [2.75, 3.05) is 12.8 Å². The maximum Gasteiger partial charge on any atom is 0.253 e. The summed E-state index contributed by atoms with van der Waals surface area (Å²) in [5.74, 6) is 0.887. The number of rotatable bonds is 4. The van der Waals surface area contributed by atoms with Crippen molar-refractivity contribution in [2.45, 2.75) is 23.0 Å². The second kappa shape index (κ2) is 5.98. The molecule has 5 N–H and O–H groups in total. The number of ether oxygens (including phenoxy) is 1. The van der Waals surface area contributed by atoms with Gasteiger partial charge in [-0.3, -0.25) is 4.79 Å². The van der Waals surface area contributed by atoms with Gasteiger partial charge in [-0.1, -0.05) is 17.8 Å². The average molecular weight is 292 g/mol. The Morgan fingerprint density at radius 1 is 1.45 bits per heavy atom. The highest BCUT2D eigenvalue weighted by Gasteiger charge is 2.15. The van der Waals surface area contributed by atoms with E-state index in [1.165, 1.54) is 17.8 Å². The minimum atomic E-state index is -0.287. The minimum absolute atomic E-state index is 0.182. The molecular weight excluding hydrogens is 276 g/mol. The summed E-state index contributed by atoms with van der Waals surface area (Å²) in [6.07, 6.45) is 0. The highest BCUT2D eigenvalue weighted by molar-refractivity contribution is 7.99. The Hall–Kier alpha value is -1.99. The van der Waals surface area contributed by atoms with Crippen LogP contribution in [0.3, 0.4) is 0 Å². The number of hydrogen-bond donors (Lipinski definition) is 3. The second-order valence-electron chi connectivity index (χ2n) is 4.24. The number of nitrogens with zero attached hydrogens (tertiary/aromatic N) is 1. The smallest absolute Gasteiger partial charge is 0.253 e. The molecule has 20 heavy (non-hydrogen) atoms. The van der Waals surface area contributed by atoms with Gasteiger partial charge in [0.25, 0.3) is 5.56 Å². The molecule has 0 fully saturated rings. The molecule has 6 nitrogen and oxygen atoms in total. The molecule has 1 atom stereocenters. The number of hydrogen-bond acceptors (Lipinski definition) is 6. The van der Waals surface area contributed by atoms with Gasteiger partial charge in [0.15, 0.2) is 5.16 Å². The summed E-state index contributed by atoms with van der Waals surface area (Å²) < 4.78 is 5.32. The van der Waals surface area contributed by atoms with Crippen LogP contribution in [0.1, 0.15) is 18.5 Å². The summed E-state index contributed by atoms with van der Waals surface area (Å²) in [6.45, 7) is 1.87. The summed E-state index contributed by atoms with van der Waals surface area (Å²) in [5, 5.41) is 0.421. The summed E-state index contributed by atoms with van der Waals surface area (Å²) in [4.78, 5) is 19.0. The van der Waals surface area contributed by atoms with E-state index in [1.54, 1.807) is 7.11 Å².